The van der Waals surface area contributed by atoms with Crippen molar-refractivity contribution in [3.05, 3.63) is 30.1 Å². The van der Waals surface area contributed by atoms with Gasteiger partial charge in [-0.2, -0.15) is 0 Å². The second kappa shape index (κ2) is 4.90. The minimum atomic E-state index is -0.163. The van der Waals surface area contributed by atoms with Gasteiger partial charge in [0.15, 0.2) is 0 Å². The Balaban J connectivity index is 1.72. The van der Waals surface area contributed by atoms with Crippen molar-refractivity contribution in [3.8, 4) is 0 Å². The van der Waals surface area contributed by atoms with Gasteiger partial charge in [-0.25, -0.2) is 4.98 Å². The lowest BCUT2D eigenvalue weighted by Crippen LogP contribution is -2.45. The Hall–Kier alpha value is -1.88. The van der Waals surface area contributed by atoms with Crippen LogP contribution in [0.25, 0.3) is 11.0 Å². The number of H-pyrrole nitrogens is 1. The molecule has 0 radical (unpaired) electrons. The van der Waals surface area contributed by atoms with Gasteiger partial charge >= 0.3 is 0 Å². The molecule has 2 aromatic rings. The predicted octanol–water partition coefficient (Wildman–Crippen LogP) is 2.25. The molecule has 1 aromatic heterocycles. The first-order valence-corrected chi connectivity index (χ1v) is 6.91. The fraction of sp³-hybridized carbons (Fsp3) is 0.467. The van der Waals surface area contributed by atoms with Gasteiger partial charge in [-0.3, -0.25) is 4.79 Å². The number of aromatic amines is 1. The molecule has 1 aliphatic rings. The van der Waals surface area contributed by atoms with Gasteiger partial charge in [0, 0.05) is 18.2 Å². The van der Waals surface area contributed by atoms with Crippen LogP contribution in [-0.4, -0.2) is 34.1 Å². The van der Waals surface area contributed by atoms with Crippen LogP contribution < -0.4 is 5.32 Å². The lowest BCUT2D eigenvalue weighted by Gasteiger charge is -2.35. The number of carbonyl (C=O) groups is 1. The highest BCUT2D eigenvalue weighted by molar-refractivity contribution is 5.97. The average Bonchev–Trinajstić information content (AvgIpc) is 2.84. The van der Waals surface area contributed by atoms with Crippen molar-refractivity contribution in [2.45, 2.75) is 38.3 Å². The van der Waals surface area contributed by atoms with Crippen LogP contribution in [0.1, 0.15) is 37.0 Å². The summed E-state index contributed by atoms with van der Waals surface area (Å²) in [5.41, 5.74) is 2.24. The van der Waals surface area contributed by atoms with E-state index in [-0.39, 0.29) is 17.6 Å². The molecule has 5 nitrogen and oxygen atoms in total. The number of imidazole rings is 1. The molecule has 1 unspecified atom stereocenters. The number of carbonyl (C=O) groups excluding carboxylic acids is 1. The molecule has 5 heteroatoms. The average molecular weight is 273 g/mol. The third-order valence-electron chi connectivity index (χ3n) is 3.71. The Morgan fingerprint density at radius 2 is 2.35 bits per heavy atom. The molecular weight excluding hydrogens is 254 g/mol. The van der Waals surface area contributed by atoms with Crippen molar-refractivity contribution in [1.82, 2.24) is 15.3 Å². The third-order valence-corrected chi connectivity index (χ3v) is 3.71. The minimum Gasteiger partial charge on any atom is -0.375 e. The van der Waals surface area contributed by atoms with Gasteiger partial charge in [0.2, 0.25) is 0 Å². The largest absolute Gasteiger partial charge is 0.375 e. The highest BCUT2D eigenvalue weighted by Crippen LogP contribution is 2.24. The third kappa shape index (κ3) is 2.67. The van der Waals surface area contributed by atoms with Crippen molar-refractivity contribution in [2.75, 3.05) is 6.61 Å². The lowest BCUT2D eigenvalue weighted by atomic mass is 9.94. The number of hydrogen-bond acceptors (Lipinski definition) is 3. The van der Waals surface area contributed by atoms with Crippen molar-refractivity contribution in [2.24, 2.45) is 0 Å². The van der Waals surface area contributed by atoms with Crippen LogP contribution in [0.5, 0.6) is 0 Å². The van der Waals surface area contributed by atoms with Gasteiger partial charge in [-0.1, -0.05) is 0 Å². The standard InChI is InChI=1S/C15H19N3O2/c1-15(2)8-11(5-6-20-15)18-14(19)10-3-4-12-13(7-10)17-9-16-12/h3-4,7,9,11H,5-6,8H2,1-2H3,(H,16,17)(H,18,19). The second-order valence-electron chi connectivity index (χ2n) is 5.91. The van der Waals surface area contributed by atoms with Gasteiger partial charge in [-0.15, -0.1) is 0 Å². The Morgan fingerprint density at radius 1 is 1.50 bits per heavy atom. The van der Waals surface area contributed by atoms with E-state index in [4.69, 9.17) is 4.74 Å². The predicted molar refractivity (Wildman–Crippen MR) is 76.6 cm³/mol. The Bertz CT molecular complexity index is 633. The molecule has 106 valence electrons. The van der Waals surface area contributed by atoms with E-state index in [2.05, 4.69) is 29.1 Å². The van der Waals surface area contributed by atoms with Gasteiger partial charge in [0.25, 0.3) is 5.91 Å². The molecule has 1 aromatic carbocycles. The number of fused-ring (bicyclic) bond motifs is 1. The zero-order valence-corrected chi connectivity index (χ0v) is 11.8. The zero-order chi connectivity index (χ0) is 14.2. The molecule has 0 bridgehead atoms. The summed E-state index contributed by atoms with van der Waals surface area (Å²) in [5, 5.41) is 3.09. The van der Waals surface area contributed by atoms with Gasteiger partial charge in [0.1, 0.15) is 0 Å². The number of nitrogens with zero attached hydrogens (tertiary/aromatic N) is 1. The summed E-state index contributed by atoms with van der Waals surface area (Å²) >= 11 is 0. The van der Waals surface area contributed by atoms with Crippen LogP contribution in [0.15, 0.2) is 24.5 Å². The SMILES string of the molecule is CC1(C)CC(NC(=O)c2ccc3nc[nH]c3c2)CCO1. The van der Waals surface area contributed by atoms with Crippen LogP contribution >= 0.6 is 0 Å². The molecule has 0 saturated carbocycles. The van der Waals surface area contributed by atoms with E-state index < -0.39 is 0 Å². The van der Waals surface area contributed by atoms with E-state index in [9.17, 15) is 4.79 Å². The monoisotopic (exact) mass is 273 g/mol. The summed E-state index contributed by atoms with van der Waals surface area (Å²) in [6, 6.07) is 5.67. The summed E-state index contributed by atoms with van der Waals surface area (Å²) in [7, 11) is 0. The normalized spacial score (nSPS) is 21.8. The Labute approximate surface area is 117 Å². The molecular formula is C15H19N3O2. The van der Waals surface area contributed by atoms with Crippen molar-refractivity contribution < 1.29 is 9.53 Å². The van der Waals surface area contributed by atoms with Crippen molar-refractivity contribution in [1.29, 1.82) is 0 Å². The molecule has 1 amide bonds. The molecule has 2 heterocycles. The van der Waals surface area contributed by atoms with E-state index in [0.29, 0.717) is 12.2 Å². The Kier molecular flexibility index (Phi) is 3.22. The minimum absolute atomic E-state index is 0.0378. The summed E-state index contributed by atoms with van der Waals surface area (Å²) < 4.78 is 5.67. The van der Waals surface area contributed by atoms with Gasteiger partial charge in [-0.05, 0) is 44.9 Å². The highest BCUT2D eigenvalue weighted by Gasteiger charge is 2.29. The number of benzene rings is 1. The maximum Gasteiger partial charge on any atom is 0.251 e. The van der Waals surface area contributed by atoms with E-state index in [1.807, 2.05) is 18.2 Å². The zero-order valence-electron chi connectivity index (χ0n) is 11.8. The summed E-state index contributed by atoms with van der Waals surface area (Å²) in [4.78, 5) is 19.5. The lowest BCUT2D eigenvalue weighted by molar-refractivity contribution is -0.0615. The number of ether oxygens (including phenoxy) is 1. The van der Waals surface area contributed by atoms with Crippen LogP contribution in [0.3, 0.4) is 0 Å². The Morgan fingerprint density at radius 3 is 3.15 bits per heavy atom. The van der Waals surface area contributed by atoms with Gasteiger partial charge in [0.05, 0.1) is 23.0 Å². The molecule has 2 N–H and O–H groups in total. The maximum absolute atomic E-state index is 12.3. The van der Waals surface area contributed by atoms with Crippen LogP contribution in [-0.2, 0) is 4.74 Å². The van der Waals surface area contributed by atoms with E-state index in [0.717, 1.165) is 23.9 Å². The first-order chi connectivity index (χ1) is 9.53. The topological polar surface area (TPSA) is 67.0 Å². The van der Waals surface area contributed by atoms with Crippen molar-refractivity contribution >= 4 is 16.9 Å². The molecule has 20 heavy (non-hydrogen) atoms. The number of aromatic nitrogens is 2. The smallest absolute Gasteiger partial charge is 0.251 e. The summed E-state index contributed by atoms with van der Waals surface area (Å²) in [6.07, 6.45) is 3.33. The number of nitrogens with one attached hydrogen (secondary N) is 2. The van der Waals surface area contributed by atoms with E-state index in [1.165, 1.54) is 0 Å². The fourth-order valence-electron chi connectivity index (χ4n) is 2.70. The van der Waals surface area contributed by atoms with Crippen LogP contribution in [0, 0.1) is 0 Å². The number of rotatable bonds is 2. The molecule has 3 rings (SSSR count). The molecule has 1 aliphatic heterocycles. The quantitative estimate of drug-likeness (QED) is 0.882. The van der Waals surface area contributed by atoms with E-state index >= 15 is 0 Å². The molecule has 1 atom stereocenters. The van der Waals surface area contributed by atoms with Crippen LogP contribution in [0.2, 0.25) is 0 Å². The first-order valence-electron chi connectivity index (χ1n) is 6.91. The number of hydrogen-bond donors (Lipinski definition) is 2. The first kappa shape index (κ1) is 13.1. The van der Waals surface area contributed by atoms with Crippen molar-refractivity contribution in [3.63, 3.8) is 0 Å². The summed E-state index contributed by atoms with van der Waals surface area (Å²) in [5.74, 6) is -0.0378. The molecule has 0 spiro atoms. The van der Waals surface area contributed by atoms with Crippen LogP contribution in [0.4, 0.5) is 0 Å². The molecule has 0 aliphatic carbocycles. The summed E-state index contributed by atoms with van der Waals surface area (Å²) in [6.45, 7) is 4.81. The maximum atomic E-state index is 12.3. The second-order valence-corrected chi connectivity index (χ2v) is 5.91. The fourth-order valence-corrected chi connectivity index (χ4v) is 2.70. The number of amides is 1. The molecule has 1 saturated heterocycles. The highest BCUT2D eigenvalue weighted by atomic mass is 16.5. The molecule has 1 fully saturated rings. The van der Waals surface area contributed by atoms with Gasteiger partial charge < -0.3 is 15.0 Å². The van der Waals surface area contributed by atoms with E-state index in [1.54, 1.807) is 6.33 Å².